The molecule has 0 atom stereocenters. The molecule has 0 radical (unpaired) electrons. The molecule has 0 fully saturated rings. The predicted molar refractivity (Wildman–Crippen MR) is 78.1 cm³/mol. The first kappa shape index (κ1) is 14.0. The summed E-state index contributed by atoms with van der Waals surface area (Å²) >= 11 is 7.67. The maximum absolute atomic E-state index is 9.12. The van der Waals surface area contributed by atoms with Crippen molar-refractivity contribution < 1.29 is 5.11 Å². The molecule has 2 aromatic rings. The second-order valence-electron chi connectivity index (χ2n) is 3.98. The summed E-state index contributed by atoms with van der Waals surface area (Å²) in [6.07, 6.45) is 0. The zero-order valence-electron chi connectivity index (χ0n) is 10.1. The highest BCUT2D eigenvalue weighted by molar-refractivity contribution is 7.98. The molecular formula is C15H12ClNOS. The van der Waals surface area contributed by atoms with E-state index in [2.05, 4.69) is 6.07 Å². The van der Waals surface area contributed by atoms with Crippen molar-refractivity contribution in [2.45, 2.75) is 17.3 Å². The average Bonchev–Trinajstić information content (AvgIpc) is 2.46. The maximum Gasteiger partial charge on any atom is 0.100 e. The molecule has 0 amide bonds. The first-order valence-corrected chi connectivity index (χ1v) is 7.11. The number of benzene rings is 2. The van der Waals surface area contributed by atoms with E-state index >= 15 is 0 Å². The van der Waals surface area contributed by atoms with Gasteiger partial charge < -0.3 is 5.11 Å². The van der Waals surface area contributed by atoms with E-state index in [4.69, 9.17) is 22.0 Å². The van der Waals surface area contributed by atoms with Crippen LogP contribution in [0.1, 0.15) is 16.7 Å². The molecule has 0 saturated carbocycles. The van der Waals surface area contributed by atoms with Gasteiger partial charge in [-0.15, -0.1) is 11.8 Å². The summed E-state index contributed by atoms with van der Waals surface area (Å²) in [6, 6.07) is 15.2. The summed E-state index contributed by atoms with van der Waals surface area (Å²) in [5, 5.41) is 18.9. The Labute approximate surface area is 121 Å². The van der Waals surface area contributed by atoms with Crippen molar-refractivity contribution in [1.82, 2.24) is 0 Å². The smallest absolute Gasteiger partial charge is 0.100 e. The van der Waals surface area contributed by atoms with Crippen molar-refractivity contribution in [1.29, 1.82) is 5.26 Å². The number of hydrogen-bond acceptors (Lipinski definition) is 3. The van der Waals surface area contributed by atoms with Crippen LogP contribution in [0.2, 0.25) is 5.02 Å². The summed E-state index contributed by atoms with van der Waals surface area (Å²) in [5.74, 6) is 0.715. The van der Waals surface area contributed by atoms with Gasteiger partial charge in [-0.1, -0.05) is 35.9 Å². The van der Waals surface area contributed by atoms with Crippen LogP contribution in [0.4, 0.5) is 0 Å². The van der Waals surface area contributed by atoms with Gasteiger partial charge >= 0.3 is 0 Å². The number of nitriles is 1. The quantitative estimate of drug-likeness (QED) is 0.865. The van der Waals surface area contributed by atoms with Gasteiger partial charge in [-0.3, -0.25) is 0 Å². The molecular weight excluding hydrogens is 278 g/mol. The van der Waals surface area contributed by atoms with Crippen LogP contribution in [0.25, 0.3) is 0 Å². The lowest BCUT2D eigenvalue weighted by Crippen LogP contribution is -1.89. The van der Waals surface area contributed by atoms with Crippen molar-refractivity contribution in [3.63, 3.8) is 0 Å². The molecule has 0 aliphatic heterocycles. The van der Waals surface area contributed by atoms with E-state index in [1.165, 1.54) is 0 Å². The second kappa shape index (κ2) is 6.63. The van der Waals surface area contributed by atoms with Gasteiger partial charge in [0.1, 0.15) is 6.07 Å². The summed E-state index contributed by atoms with van der Waals surface area (Å²) < 4.78 is 0. The molecule has 2 nitrogen and oxygen atoms in total. The predicted octanol–water partition coefficient (Wildman–Crippen LogP) is 4.00. The molecule has 0 saturated heterocycles. The van der Waals surface area contributed by atoms with Gasteiger partial charge in [0.2, 0.25) is 0 Å². The van der Waals surface area contributed by atoms with Crippen LogP contribution in [0.5, 0.6) is 0 Å². The lowest BCUT2D eigenvalue weighted by molar-refractivity contribution is 0.281. The minimum Gasteiger partial charge on any atom is -0.392 e. The molecule has 96 valence electrons. The van der Waals surface area contributed by atoms with Crippen LogP contribution < -0.4 is 0 Å². The van der Waals surface area contributed by atoms with Gasteiger partial charge in [0.15, 0.2) is 0 Å². The van der Waals surface area contributed by atoms with Crippen LogP contribution in [0, 0.1) is 11.3 Å². The van der Waals surface area contributed by atoms with Crippen LogP contribution in [-0.2, 0) is 12.4 Å². The summed E-state index contributed by atoms with van der Waals surface area (Å²) in [6.45, 7) is -0.0514. The van der Waals surface area contributed by atoms with Gasteiger partial charge in [0, 0.05) is 15.7 Å². The van der Waals surface area contributed by atoms with Gasteiger partial charge in [0.05, 0.1) is 12.2 Å². The molecule has 19 heavy (non-hydrogen) atoms. The highest BCUT2D eigenvalue weighted by atomic mass is 35.5. The molecule has 1 N–H and O–H groups in total. The fourth-order valence-electron chi connectivity index (χ4n) is 1.66. The third-order valence-electron chi connectivity index (χ3n) is 2.69. The van der Waals surface area contributed by atoms with Crippen LogP contribution >= 0.6 is 23.4 Å². The van der Waals surface area contributed by atoms with Crippen molar-refractivity contribution in [2.75, 3.05) is 0 Å². The van der Waals surface area contributed by atoms with E-state index in [0.717, 1.165) is 21.0 Å². The third-order valence-corrected chi connectivity index (χ3v) is 4.18. The molecule has 2 aromatic carbocycles. The number of nitrogens with zero attached hydrogens (tertiary/aromatic N) is 1. The highest BCUT2D eigenvalue weighted by Gasteiger charge is 2.06. The molecule has 2 rings (SSSR count). The lowest BCUT2D eigenvalue weighted by atomic mass is 10.1. The van der Waals surface area contributed by atoms with Crippen LogP contribution in [0.3, 0.4) is 0 Å². The zero-order chi connectivity index (χ0) is 13.7. The van der Waals surface area contributed by atoms with Gasteiger partial charge in [-0.05, 0) is 29.3 Å². The van der Waals surface area contributed by atoms with Gasteiger partial charge in [-0.25, -0.2) is 0 Å². The Hall–Kier alpha value is -1.47. The number of halogens is 1. The molecule has 0 aliphatic carbocycles. The number of hydrogen-bond donors (Lipinski definition) is 1. The molecule has 0 unspecified atom stereocenters. The van der Waals surface area contributed by atoms with E-state index in [-0.39, 0.29) is 6.61 Å². The standard InChI is InChI=1S/C15H12ClNOS/c16-14-4-2-1-3-12(14)10-19-15-6-5-11(9-18)7-13(15)8-17/h1-7,18H,9-10H2. The van der Waals surface area contributed by atoms with Gasteiger partial charge in [-0.2, -0.15) is 5.26 Å². The topological polar surface area (TPSA) is 44.0 Å². The van der Waals surface area contributed by atoms with Crippen molar-refractivity contribution in [3.8, 4) is 6.07 Å². The monoisotopic (exact) mass is 289 g/mol. The van der Waals surface area contributed by atoms with Crippen LogP contribution in [0.15, 0.2) is 47.4 Å². The van der Waals surface area contributed by atoms with Crippen molar-refractivity contribution in [2.24, 2.45) is 0 Å². The fourth-order valence-corrected chi connectivity index (χ4v) is 2.93. The summed E-state index contributed by atoms with van der Waals surface area (Å²) in [5.41, 5.74) is 2.38. The number of aliphatic hydroxyl groups is 1. The first-order chi connectivity index (χ1) is 9.24. The maximum atomic E-state index is 9.12. The molecule has 0 spiro atoms. The van der Waals surface area contributed by atoms with E-state index in [1.807, 2.05) is 36.4 Å². The normalized spacial score (nSPS) is 10.2. The Bertz CT molecular complexity index is 622. The number of thioether (sulfide) groups is 1. The van der Waals surface area contributed by atoms with E-state index in [1.54, 1.807) is 17.8 Å². The fraction of sp³-hybridized carbons (Fsp3) is 0.133. The highest BCUT2D eigenvalue weighted by Crippen LogP contribution is 2.29. The molecule has 0 bridgehead atoms. The SMILES string of the molecule is N#Cc1cc(CO)ccc1SCc1ccccc1Cl. The Balaban J connectivity index is 2.16. The minimum atomic E-state index is -0.0514. The molecule has 0 heterocycles. The van der Waals surface area contributed by atoms with Crippen molar-refractivity contribution >= 4 is 23.4 Å². The van der Waals surface area contributed by atoms with Crippen molar-refractivity contribution in [3.05, 3.63) is 64.2 Å². The largest absolute Gasteiger partial charge is 0.392 e. The Kier molecular flexibility index (Phi) is 4.86. The Morgan fingerprint density at radius 1 is 1.21 bits per heavy atom. The Morgan fingerprint density at radius 3 is 2.68 bits per heavy atom. The molecule has 0 aromatic heterocycles. The zero-order valence-corrected chi connectivity index (χ0v) is 11.7. The number of aliphatic hydroxyl groups excluding tert-OH is 1. The summed E-state index contributed by atoms with van der Waals surface area (Å²) in [7, 11) is 0. The Morgan fingerprint density at radius 2 is 2.00 bits per heavy atom. The first-order valence-electron chi connectivity index (χ1n) is 5.74. The molecule has 4 heteroatoms. The van der Waals surface area contributed by atoms with E-state index < -0.39 is 0 Å². The number of rotatable bonds is 4. The van der Waals surface area contributed by atoms with Crippen LogP contribution in [-0.4, -0.2) is 5.11 Å². The summed E-state index contributed by atoms with van der Waals surface area (Å²) in [4.78, 5) is 0.902. The molecule has 0 aliphatic rings. The van der Waals surface area contributed by atoms with Gasteiger partial charge in [0.25, 0.3) is 0 Å². The van der Waals surface area contributed by atoms with E-state index in [9.17, 15) is 0 Å². The van der Waals surface area contributed by atoms with E-state index in [0.29, 0.717) is 11.3 Å². The third kappa shape index (κ3) is 3.51. The second-order valence-corrected chi connectivity index (χ2v) is 5.40. The average molecular weight is 290 g/mol. The lowest BCUT2D eigenvalue weighted by Gasteiger charge is -2.07. The minimum absolute atomic E-state index is 0.0514.